The number of halogens is 1. The van der Waals surface area contributed by atoms with E-state index < -0.39 is 0 Å². The Morgan fingerprint density at radius 3 is 2.88 bits per heavy atom. The first-order valence-electron chi connectivity index (χ1n) is 4.37. The summed E-state index contributed by atoms with van der Waals surface area (Å²) in [6.45, 7) is 1.85. The lowest BCUT2D eigenvalue weighted by atomic mass is 10.6. The zero-order valence-electron chi connectivity index (χ0n) is 8.56. The van der Waals surface area contributed by atoms with Crippen LogP contribution in [0.5, 0.6) is 0 Å². The van der Waals surface area contributed by atoms with E-state index in [0.29, 0.717) is 16.0 Å². The van der Waals surface area contributed by atoms with E-state index in [-0.39, 0.29) is 0 Å². The van der Waals surface area contributed by atoms with Crippen LogP contribution in [0.1, 0.15) is 5.82 Å². The molecule has 0 aliphatic heterocycles. The smallest absolute Gasteiger partial charge is 0.223 e. The summed E-state index contributed by atoms with van der Waals surface area (Å²) in [5.74, 6) is 1.29. The van der Waals surface area contributed by atoms with Crippen molar-refractivity contribution in [3.05, 3.63) is 17.0 Å². The Kier molecular flexibility index (Phi) is 3.57. The second-order valence-corrected chi connectivity index (χ2v) is 5.20. The number of nitrogens with zero attached hydrogens (tertiary/aromatic N) is 4. The van der Waals surface area contributed by atoms with Crippen molar-refractivity contribution in [2.45, 2.75) is 16.3 Å². The van der Waals surface area contributed by atoms with Gasteiger partial charge in [0.2, 0.25) is 5.95 Å². The van der Waals surface area contributed by atoms with Gasteiger partial charge >= 0.3 is 0 Å². The van der Waals surface area contributed by atoms with E-state index in [1.807, 2.05) is 6.92 Å². The van der Waals surface area contributed by atoms with Gasteiger partial charge in [-0.05, 0) is 30.2 Å². The minimum absolute atomic E-state index is 0.511. The number of hydrogen-bond acceptors (Lipinski definition) is 7. The van der Waals surface area contributed by atoms with E-state index >= 15 is 0 Å². The zero-order valence-corrected chi connectivity index (χ0v) is 10.9. The third-order valence-electron chi connectivity index (χ3n) is 1.63. The quantitative estimate of drug-likeness (QED) is 0.867. The number of aryl methyl sites for hydroxylation is 1. The van der Waals surface area contributed by atoms with E-state index in [1.54, 1.807) is 13.2 Å². The molecule has 0 atom stereocenters. The molecule has 0 unspecified atom stereocenters. The number of aromatic nitrogens is 4. The molecule has 84 valence electrons. The molecular formula is C8H8ClN5S2. The van der Waals surface area contributed by atoms with Gasteiger partial charge in [-0.3, -0.25) is 0 Å². The molecule has 0 aliphatic rings. The molecule has 2 aromatic rings. The van der Waals surface area contributed by atoms with Crippen LogP contribution in [0, 0.1) is 6.92 Å². The van der Waals surface area contributed by atoms with Gasteiger partial charge in [-0.1, -0.05) is 11.6 Å². The molecule has 0 bridgehead atoms. The maximum absolute atomic E-state index is 5.99. The van der Waals surface area contributed by atoms with Crippen LogP contribution in [0.15, 0.2) is 15.6 Å². The highest BCUT2D eigenvalue weighted by molar-refractivity contribution is 8.01. The highest BCUT2D eigenvalue weighted by Crippen LogP contribution is 2.32. The average Bonchev–Trinajstić information content (AvgIpc) is 2.67. The lowest BCUT2D eigenvalue weighted by Crippen LogP contribution is -1.96. The first-order chi connectivity index (χ1) is 7.69. The Morgan fingerprint density at radius 1 is 1.44 bits per heavy atom. The second-order valence-electron chi connectivity index (χ2n) is 2.81. The molecule has 16 heavy (non-hydrogen) atoms. The van der Waals surface area contributed by atoms with Crippen LogP contribution in [0.3, 0.4) is 0 Å². The summed E-state index contributed by atoms with van der Waals surface area (Å²) in [4.78, 5) is 12.5. The molecule has 0 fully saturated rings. The molecular weight excluding hydrogens is 266 g/mol. The van der Waals surface area contributed by atoms with Crippen molar-refractivity contribution in [1.82, 2.24) is 19.3 Å². The second kappa shape index (κ2) is 4.94. The molecule has 0 spiro atoms. The van der Waals surface area contributed by atoms with E-state index in [9.17, 15) is 0 Å². The Labute approximate surface area is 106 Å². The standard InChI is InChI=1S/C8H8ClN5S2/c1-4-12-8(16-14-4)15-6-5(9)3-11-7(10-2)13-6/h3H,1-2H3,(H,10,11,13). The lowest BCUT2D eigenvalue weighted by Gasteiger charge is -2.02. The van der Waals surface area contributed by atoms with E-state index in [1.165, 1.54) is 23.3 Å². The fourth-order valence-electron chi connectivity index (χ4n) is 0.946. The molecule has 5 nitrogen and oxygen atoms in total. The van der Waals surface area contributed by atoms with Crippen LogP contribution in [-0.4, -0.2) is 26.4 Å². The van der Waals surface area contributed by atoms with Gasteiger partial charge in [0.25, 0.3) is 0 Å². The molecule has 0 amide bonds. The Balaban J connectivity index is 2.26. The van der Waals surface area contributed by atoms with Crippen molar-refractivity contribution in [1.29, 1.82) is 0 Å². The summed E-state index contributed by atoms with van der Waals surface area (Å²) in [5, 5.41) is 4.05. The number of hydrogen-bond donors (Lipinski definition) is 1. The van der Waals surface area contributed by atoms with Gasteiger partial charge in [-0.2, -0.15) is 4.37 Å². The minimum Gasteiger partial charge on any atom is -0.357 e. The molecule has 0 saturated carbocycles. The molecule has 0 saturated heterocycles. The largest absolute Gasteiger partial charge is 0.357 e. The van der Waals surface area contributed by atoms with Gasteiger partial charge in [-0.15, -0.1) is 0 Å². The third-order valence-corrected chi connectivity index (χ3v) is 3.86. The summed E-state index contributed by atoms with van der Waals surface area (Å²) in [5.41, 5.74) is 0. The van der Waals surface area contributed by atoms with Gasteiger partial charge in [0.05, 0.1) is 11.2 Å². The minimum atomic E-state index is 0.511. The van der Waals surface area contributed by atoms with Gasteiger partial charge in [0, 0.05) is 7.05 Å². The predicted octanol–water partition coefficient (Wildman–Crippen LogP) is 2.48. The summed E-state index contributed by atoms with van der Waals surface area (Å²) in [7, 11) is 1.76. The molecule has 2 heterocycles. The molecule has 0 aromatic carbocycles. The van der Waals surface area contributed by atoms with E-state index in [2.05, 4.69) is 24.6 Å². The van der Waals surface area contributed by atoms with Crippen molar-refractivity contribution in [2.24, 2.45) is 0 Å². The average molecular weight is 274 g/mol. The Hall–Kier alpha value is -0.920. The predicted molar refractivity (Wildman–Crippen MR) is 65.4 cm³/mol. The monoisotopic (exact) mass is 273 g/mol. The van der Waals surface area contributed by atoms with E-state index in [0.717, 1.165) is 10.2 Å². The molecule has 0 aliphatic carbocycles. The summed E-state index contributed by atoms with van der Waals surface area (Å²) in [6, 6.07) is 0. The molecule has 2 aromatic heterocycles. The van der Waals surface area contributed by atoms with Crippen LogP contribution >= 0.6 is 34.9 Å². The maximum atomic E-state index is 5.99. The van der Waals surface area contributed by atoms with Crippen LogP contribution in [-0.2, 0) is 0 Å². The van der Waals surface area contributed by atoms with Crippen molar-refractivity contribution >= 4 is 40.8 Å². The zero-order chi connectivity index (χ0) is 11.5. The summed E-state index contributed by atoms with van der Waals surface area (Å²) >= 11 is 8.71. The first kappa shape index (κ1) is 11.6. The topological polar surface area (TPSA) is 63.6 Å². The molecule has 8 heteroatoms. The molecule has 0 radical (unpaired) electrons. The Morgan fingerprint density at radius 2 is 2.25 bits per heavy atom. The summed E-state index contributed by atoms with van der Waals surface area (Å²) < 4.78 is 4.91. The Bertz CT molecular complexity index is 501. The molecule has 2 rings (SSSR count). The highest BCUT2D eigenvalue weighted by atomic mass is 35.5. The van der Waals surface area contributed by atoms with Crippen LogP contribution in [0.25, 0.3) is 0 Å². The van der Waals surface area contributed by atoms with Crippen LogP contribution in [0.4, 0.5) is 5.95 Å². The highest BCUT2D eigenvalue weighted by Gasteiger charge is 2.09. The fraction of sp³-hybridized carbons (Fsp3) is 0.250. The first-order valence-corrected chi connectivity index (χ1v) is 6.34. The normalized spacial score (nSPS) is 10.4. The van der Waals surface area contributed by atoms with Crippen molar-refractivity contribution < 1.29 is 0 Å². The van der Waals surface area contributed by atoms with Gasteiger partial charge in [0.1, 0.15) is 10.9 Å². The SMILES string of the molecule is CNc1ncc(Cl)c(Sc2nc(C)ns2)n1. The van der Waals surface area contributed by atoms with E-state index in [4.69, 9.17) is 11.6 Å². The van der Waals surface area contributed by atoms with Crippen molar-refractivity contribution in [2.75, 3.05) is 12.4 Å². The third kappa shape index (κ3) is 2.60. The summed E-state index contributed by atoms with van der Waals surface area (Å²) in [6.07, 6.45) is 1.57. The van der Waals surface area contributed by atoms with Crippen LogP contribution in [0.2, 0.25) is 5.02 Å². The number of rotatable bonds is 3. The number of nitrogens with one attached hydrogen (secondary N) is 1. The van der Waals surface area contributed by atoms with Gasteiger partial charge in [-0.25, -0.2) is 15.0 Å². The fourth-order valence-corrected chi connectivity index (χ4v) is 2.70. The number of anilines is 1. The maximum Gasteiger partial charge on any atom is 0.223 e. The van der Waals surface area contributed by atoms with Crippen molar-refractivity contribution in [3.63, 3.8) is 0 Å². The van der Waals surface area contributed by atoms with Crippen LogP contribution < -0.4 is 5.32 Å². The lowest BCUT2D eigenvalue weighted by molar-refractivity contribution is 1.04. The van der Waals surface area contributed by atoms with Gasteiger partial charge in [0.15, 0.2) is 4.34 Å². The molecule has 1 N–H and O–H groups in total. The van der Waals surface area contributed by atoms with Crippen molar-refractivity contribution in [3.8, 4) is 0 Å². The van der Waals surface area contributed by atoms with Gasteiger partial charge < -0.3 is 5.32 Å².